The number of likely N-dealkylation sites (tertiary alicyclic amines) is 1. The predicted octanol–water partition coefficient (Wildman–Crippen LogP) is 0.909. The van der Waals surface area contributed by atoms with Crippen molar-refractivity contribution < 1.29 is 9.90 Å². The highest BCUT2D eigenvalue weighted by atomic mass is 16.3. The van der Waals surface area contributed by atoms with Crippen molar-refractivity contribution in [1.29, 1.82) is 0 Å². The first-order valence-corrected chi connectivity index (χ1v) is 8.75. The second-order valence-corrected chi connectivity index (χ2v) is 6.88. The van der Waals surface area contributed by atoms with Crippen molar-refractivity contribution in [3.05, 3.63) is 53.7 Å². The summed E-state index contributed by atoms with van der Waals surface area (Å²) in [7, 11) is 3.43. The molecule has 0 saturated carbocycles. The van der Waals surface area contributed by atoms with Crippen molar-refractivity contribution >= 4 is 11.7 Å². The molecule has 1 atom stereocenters. The van der Waals surface area contributed by atoms with Crippen LogP contribution < -0.4 is 10.2 Å². The lowest BCUT2D eigenvalue weighted by Gasteiger charge is -2.29. The molecule has 1 aliphatic heterocycles. The molecule has 7 nitrogen and oxygen atoms in total. The number of aromatic nitrogens is 2. The molecule has 1 aromatic heterocycles. The third-order valence-corrected chi connectivity index (χ3v) is 4.69. The molecule has 26 heavy (non-hydrogen) atoms. The minimum absolute atomic E-state index is 0.266. The zero-order chi connectivity index (χ0) is 18.6. The van der Waals surface area contributed by atoms with Gasteiger partial charge in [-0.2, -0.15) is 0 Å². The number of hydrogen-bond acceptors (Lipinski definition) is 6. The van der Waals surface area contributed by atoms with Crippen LogP contribution in [0, 0.1) is 0 Å². The summed E-state index contributed by atoms with van der Waals surface area (Å²) in [5, 5.41) is 21.5. The molecule has 1 amide bonds. The Balaban J connectivity index is 1.58. The lowest BCUT2D eigenvalue weighted by molar-refractivity contribution is 0.0560. The van der Waals surface area contributed by atoms with E-state index in [-0.39, 0.29) is 11.6 Å². The largest absolute Gasteiger partial charge is 0.387 e. The van der Waals surface area contributed by atoms with Gasteiger partial charge in [0.1, 0.15) is 0 Å². The quantitative estimate of drug-likeness (QED) is 0.802. The lowest BCUT2D eigenvalue weighted by atomic mass is 10.0. The summed E-state index contributed by atoms with van der Waals surface area (Å²) in [6, 6.07) is 13.7. The van der Waals surface area contributed by atoms with Crippen molar-refractivity contribution in [2.75, 3.05) is 38.6 Å². The molecule has 2 heterocycles. The molecule has 2 N–H and O–H groups in total. The van der Waals surface area contributed by atoms with Gasteiger partial charge in [-0.05, 0) is 24.1 Å². The normalized spacial score (nSPS) is 20.1. The molecule has 1 saturated heterocycles. The standard InChI is InChI=1S/C19H25N5O2/c1-20-18(25)16-8-9-17(22-21-16)23(2)13-19(26)10-11-24(14-19)12-15-6-4-3-5-7-15/h3-9,26H,10-14H2,1-2H3,(H,20,25). The van der Waals surface area contributed by atoms with Crippen LogP contribution in [0.5, 0.6) is 0 Å². The zero-order valence-corrected chi connectivity index (χ0v) is 15.2. The van der Waals surface area contributed by atoms with Gasteiger partial charge in [0.15, 0.2) is 11.5 Å². The Morgan fingerprint density at radius 3 is 2.69 bits per heavy atom. The molecule has 0 bridgehead atoms. The maximum absolute atomic E-state index is 11.5. The van der Waals surface area contributed by atoms with Gasteiger partial charge in [0.05, 0.1) is 5.60 Å². The highest BCUT2D eigenvalue weighted by molar-refractivity contribution is 5.91. The summed E-state index contributed by atoms with van der Waals surface area (Å²) in [5.41, 5.74) is 0.740. The average Bonchev–Trinajstić information content (AvgIpc) is 3.02. The van der Waals surface area contributed by atoms with E-state index in [1.165, 1.54) is 5.56 Å². The molecular weight excluding hydrogens is 330 g/mol. The van der Waals surface area contributed by atoms with Crippen LogP contribution in [0.1, 0.15) is 22.5 Å². The first-order chi connectivity index (χ1) is 12.5. The van der Waals surface area contributed by atoms with Gasteiger partial charge in [0, 0.05) is 40.3 Å². The smallest absolute Gasteiger partial charge is 0.271 e. The first-order valence-electron chi connectivity index (χ1n) is 8.75. The molecular formula is C19H25N5O2. The molecule has 138 valence electrons. The van der Waals surface area contributed by atoms with E-state index in [2.05, 4.69) is 32.5 Å². The summed E-state index contributed by atoms with van der Waals surface area (Å²) >= 11 is 0. The topological polar surface area (TPSA) is 81.6 Å². The molecule has 2 aromatic rings. The number of amides is 1. The van der Waals surface area contributed by atoms with Crippen LogP contribution in [-0.4, -0.2) is 65.4 Å². The minimum Gasteiger partial charge on any atom is -0.387 e. The van der Waals surface area contributed by atoms with E-state index >= 15 is 0 Å². The van der Waals surface area contributed by atoms with Crippen LogP contribution >= 0.6 is 0 Å². The summed E-state index contributed by atoms with van der Waals surface area (Å²) in [5.74, 6) is 0.366. The van der Waals surface area contributed by atoms with Gasteiger partial charge >= 0.3 is 0 Å². The molecule has 1 aliphatic rings. The molecule has 7 heteroatoms. The van der Waals surface area contributed by atoms with Gasteiger partial charge in [-0.15, -0.1) is 10.2 Å². The first kappa shape index (κ1) is 18.3. The van der Waals surface area contributed by atoms with Crippen LogP contribution in [0.25, 0.3) is 0 Å². The maximum Gasteiger partial charge on any atom is 0.271 e. The van der Waals surface area contributed by atoms with E-state index in [0.717, 1.165) is 13.1 Å². The van der Waals surface area contributed by atoms with E-state index in [9.17, 15) is 9.90 Å². The van der Waals surface area contributed by atoms with Crippen LogP contribution in [-0.2, 0) is 6.54 Å². The van der Waals surface area contributed by atoms with Crippen molar-refractivity contribution in [2.24, 2.45) is 0 Å². The summed E-state index contributed by atoms with van der Waals surface area (Å²) in [6.07, 6.45) is 0.716. The molecule has 1 unspecified atom stereocenters. The van der Waals surface area contributed by atoms with Crippen LogP contribution in [0.2, 0.25) is 0 Å². The average molecular weight is 355 g/mol. The number of hydrogen-bond donors (Lipinski definition) is 2. The Morgan fingerprint density at radius 1 is 1.27 bits per heavy atom. The van der Waals surface area contributed by atoms with Crippen LogP contribution in [0.3, 0.4) is 0 Å². The lowest BCUT2D eigenvalue weighted by Crippen LogP contribution is -2.44. The second kappa shape index (κ2) is 7.80. The van der Waals surface area contributed by atoms with Gasteiger partial charge in [0.2, 0.25) is 0 Å². The van der Waals surface area contributed by atoms with E-state index in [1.54, 1.807) is 19.2 Å². The number of anilines is 1. The van der Waals surface area contributed by atoms with Crippen molar-refractivity contribution in [2.45, 2.75) is 18.6 Å². The fourth-order valence-corrected chi connectivity index (χ4v) is 3.35. The number of benzene rings is 1. The monoisotopic (exact) mass is 355 g/mol. The number of nitrogens with zero attached hydrogens (tertiary/aromatic N) is 4. The zero-order valence-electron chi connectivity index (χ0n) is 15.2. The molecule has 1 fully saturated rings. The molecule has 0 aliphatic carbocycles. The summed E-state index contributed by atoms with van der Waals surface area (Å²) < 4.78 is 0. The number of carbonyl (C=O) groups is 1. The fraction of sp³-hybridized carbons (Fsp3) is 0.421. The summed E-state index contributed by atoms with van der Waals surface area (Å²) in [6.45, 7) is 2.79. The number of carbonyl (C=O) groups excluding carboxylic acids is 1. The second-order valence-electron chi connectivity index (χ2n) is 6.88. The van der Waals surface area contributed by atoms with Crippen LogP contribution in [0.4, 0.5) is 5.82 Å². The number of rotatable bonds is 6. The van der Waals surface area contributed by atoms with Crippen molar-refractivity contribution in [3.63, 3.8) is 0 Å². The Bertz CT molecular complexity index is 737. The van der Waals surface area contributed by atoms with Gasteiger partial charge in [-0.3, -0.25) is 9.69 Å². The molecule has 0 radical (unpaired) electrons. The third-order valence-electron chi connectivity index (χ3n) is 4.69. The number of aliphatic hydroxyl groups is 1. The molecule has 1 aromatic carbocycles. The Hall–Kier alpha value is -2.51. The fourth-order valence-electron chi connectivity index (χ4n) is 3.35. The Morgan fingerprint density at radius 2 is 2.04 bits per heavy atom. The van der Waals surface area contributed by atoms with Gasteiger partial charge in [-0.1, -0.05) is 30.3 Å². The van der Waals surface area contributed by atoms with E-state index in [1.807, 2.05) is 30.1 Å². The van der Waals surface area contributed by atoms with Gasteiger partial charge in [-0.25, -0.2) is 0 Å². The van der Waals surface area contributed by atoms with E-state index in [0.29, 0.717) is 25.3 Å². The maximum atomic E-state index is 11.5. The number of β-amino-alcohol motifs (C(OH)–C–C–N with tert-alkyl or cyclic N) is 1. The Kier molecular flexibility index (Phi) is 5.49. The highest BCUT2D eigenvalue weighted by Crippen LogP contribution is 2.25. The van der Waals surface area contributed by atoms with Gasteiger partial charge in [0.25, 0.3) is 5.91 Å². The SMILES string of the molecule is CNC(=O)c1ccc(N(C)CC2(O)CCN(Cc3ccccc3)C2)nn1. The number of likely N-dealkylation sites (N-methyl/N-ethyl adjacent to an activating group) is 1. The highest BCUT2D eigenvalue weighted by Gasteiger charge is 2.37. The molecule has 0 spiro atoms. The summed E-state index contributed by atoms with van der Waals surface area (Å²) in [4.78, 5) is 15.7. The predicted molar refractivity (Wildman–Crippen MR) is 100.0 cm³/mol. The Labute approximate surface area is 153 Å². The van der Waals surface area contributed by atoms with E-state index < -0.39 is 5.60 Å². The van der Waals surface area contributed by atoms with Crippen molar-refractivity contribution in [3.8, 4) is 0 Å². The van der Waals surface area contributed by atoms with E-state index in [4.69, 9.17) is 0 Å². The van der Waals surface area contributed by atoms with Gasteiger partial charge < -0.3 is 15.3 Å². The minimum atomic E-state index is -0.787. The molecule has 3 rings (SSSR count). The third kappa shape index (κ3) is 4.36. The number of nitrogens with one attached hydrogen (secondary N) is 1. The van der Waals surface area contributed by atoms with Crippen LogP contribution in [0.15, 0.2) is 42.5 Å². The van der Waals surface area contributed by atoms with Crippen molar-refractivity contribution in [1.82, 2.24) is 20.4 Å².